The van der Waals surface area contributed by atoms with E-state index in [1.54, 1.807) is 24.3 Å². The fraction of sp³-hybridized carbons (Fsp3) is 0.292. The summed E-state index contributed by atoms with van der Waals surface area (Å²) in [6.07, 6.45) is 1.51. The normalized spacial score (nSPS) is 19.2. The van der Waals surface area contributed by atoms with Crippen molar-refractivity contribution in [3.63, 3.8) is 0 Å². The molecule has 1 unspecified atom stereocenters. The van der Waals surface area contributed by atoms with Gasteiger partial charge in [0.05, 0.1) is 28.7 Å². The number of amidine groups is 1. The molecule has 1 saturated heterocycles. The lowest BCUT2D eigenvalue weighted by Crippen LogP contribution is -2.43. The zero-order valence-electron chi connectivity index (χ0n) is 18.5. The number of sulfonamides is 1. The Bertz CT molecular complexity index is 1360. The van der Waals surface area contributed by atoms with Crippen molar-refractivity contribution in [2.45, 2.75) is 31.6 Å². The average molecular weight is 464 g/mol. The SMILES string of the molecule is Cc1nn(-c2ccccc2)c(C)c1NC(=O)C1CCCN(C2=NS(=O)(=O)c3ccccc32)C1. The van der Waals surface area contributed by atoms with Crippen molar-refractivity contribution in [2.24, 2.45) is 10.3 Å². The van der Waals surface area contributed by atoms with Crippen LogP contribution in [-0.2, 0) is 14.8 Å². The summed E-state index contributed by atoms with van der Waals surface area (Å²) in [5, 5.41) is 7.68. The number of benzene rings is 2. The summed E-state index contributed by atoms with van der Waals surface area (Å²) in [6.45, 7) is 4.89. The third-order valence-electron chi connectivity index (χ3n) is 6.24. The molecular weight excluding hydrogens is 438 g/mol. The van der Waals surface area contributed by atoms with Crippen LogP contribution in [0.1, 0.15) is 29.8 Å². The quantitative estimate of drug-likeness (QED) is 0.643. The molecule has 0 spiro atoms. The minimum absolute atomic E-state index is 0.0896. The lowest BCUT2D eigenvalue weighted by atomic mass is 9.96. The van der Waals surface area contributed by atoms with Crippen LogP contribution >= 0.6 is 0 Å². The number of hydrogen-bond donors (Lipinski definition) is 1. The van der Waals surface area contributed by atoms with Crippen LogP contribution in [0.5, 0.6) is 0 Å². The van der Waals surface area contributed by atoms with E-state index in [1.165, 1.54) is 0 Å². The maximum absolute atomic E-state index is 13.2. The Balaban J connectivity index is 1.36. The zero-order valence-corrected chi connectivity index (χ0v) is 19.3. The first-order chi connectivity index (χ1) is 15.8. The Morgan fingerprint density at radius 1 is 1.06 bits per heavy atom. The van der Waals surface area contributed by atoms with Crippen molar-refractivity contribution in [2.75, 3.05) is 18.4 Å². The molecule has 2 aliphatic rings. The van der Waals surface area contributed by atoms with Gasteiger partial charge in [-0.2, -0.15) is 13.5 Å². The van der Waals surface area contributed by atoms with Crippen LogP contribution in [0.4, 0.5) is 5.69 Å². The third kappa shape index (κ3) is 3.82. The number of fused-ring (bicyclic) bond motifs is 1. The predicted octanol–water partition coefficient (Wildman–Crippen LogP) is 3.29. The van der Waals surface area contributed by atoms with Crippen LogP contribution in [0.15, 0.2) is 63.9 Å². The molecule has 0 aliphatic carbocycles. The Morgan fingerprint density at radius 2 is 1.79 bits per heavy atom. The number of carbonyl (C=O) groups is 1. The summed E-state index contributed by atoms with van der Waals surface area (Å²) in [7, 11) is -3.69. The van der Waals surface area contributed by atoms with Crippen LogP contribution in [-0.4, -0.2) is 47.9 Å². The summed E-state index contributed by atoms with van der Waals surface area (Å²) in [5.41, 5.74) is 3.86. The highest BCUT2D eigenvalue weighted by atomic mass is 32.2. The van der Waals surface area contributed by atoms with Crippen molar-refractivity contribution in [1.29, 1.82) is 0 Å². The number of hydrogen-bond acceptors (Lipinski definition) is 5. The van der Waals surface area contributed by atoms with E-state index in [2.05, 4.69) is 14.8 Å². The Kier molecular flexibility index (Phi) is 5.28. The molecule has 0 radical (unpaired) electrons. The van der Waals surface area contributed by atoms with Crippen LogP contribution in [0.2, 0.25) is 0 Å². The van der Waals surface area contributed by atoms with Crippen molar-refractivity contribution < 1.29 is 13.2 Å². The molecule has 33 heavy (non-hydrogen) atoms. The lowest BCUT2D eigenvalue weighted by Gasteiger charge is -2.33. The molecule has 3 aromatic rings. The average Bonchev–Trinajstić information content (AvgIpc) is 3.27. The molecular formula is C24H25N5O3S. The van der Waals surface area contributed by atoms with E-state index in [0.717, 1.165) is 29.9 Å². The first-order valence-corrected chi connectivity index (χ1v) is 12.4. The van der Waals surface area contributed by atoms with Gasteiger partial charge in [0.2, 0.25) is 5.91 Å². The van der Waals surface area contributed by atoms with Crippen molar-refractivity contribution >= 4 is 27.5 Å². The molecule has 5 rings (SSSR count). The minimum atomic E-state index is -3.69. The molecule has 1 amide bonds. The van der Waals surface area contributed by atoms with Gasteiger partial charge in [-0.25, -0.2) is 4.68 Å². The van der Waals surface area contributed by atoms with E-state index < -0.39 is 10.0 Å². The van der Waals surface area contributed by atoms with Crippen LogP contribution in [0.25, 0.3) is 5.69 Å². The highest BCUT2D eigenvalue weighted by Crippen LogP contribution is 2.30. The molecule has 1 aromatic heterocycles. The fourth-order valence-corrected chi connectivity index (χ4v) is 5.80. The molecule has 0 saturated carbocycles. The lowest BCUT2D eigenvalue weighted by molar-refractivity contribution is -0.121. The van der Waals surface area contributed by atoms with Crippen molar-refractivity contribution in [3.05, 3.63) is 71.5 Å². The standard InChI is InChI=1S/C24H25N5O3S/c1-16-22(17(2)29(26-16)19-10-4-3-5-11-19)25-24(30)18-9-8-14-28(15-18)23-20-12-6-7-13-21(20)33(31,32)27-23/h3-7,10-13,18H,8-9,14-15H2,1-2H3,(H,25,30). The van der Waals surface area contributed by atoms with Crippen LogP contribution < -0.4 is 5.32 Å². The molecule has 3 heterocycles. The molecule has 1 fully saturated rings. The second-order valence-corrected chi connectivity index (χ2v) is 10.0. The molecule has 9 heteroatoms. The fourth-order valence-electron chi connectivity index (χ4n) is 4.57. The Labute approximate surface area is 193 Å². The largest absolute Gasteiger partial charge is 0.355 e. The molecule has 8 nitrogen and oxygen atoms in total. The molecule has 2 aromatic carbocycles. The first-order valence-electron chi connectivity index (χ1n) is 11.0. The number of nitrogens with one attached hydrogen (secondary N) is 1. The summed E-state index contributed by atoms with van der Waals surface area (Å²) in [4.78, 5) is 15.4. The van der Waals surface area contributed by atoms with Gasteiger partial charge in [0, 0.05) is 18.7 Å². The number of rotatable bonds is 3. The number of nitrogens with zero attached hydrogens (tertiary/aromatic N) is 4. The topological polar surface area (TPSA) is 96.7 Å². The minimum Gasteiger partial charge on any atom is -0.355 e. The zero-order chi connectivity index (χ0) is 23.2. The van der Waals surface area contributed by atoms with Gasteiger partial charge in [0.15, 0.2) is 5.84 Å². The molecule has 1 atom stereocenters. The predicted molar refractivity (Wildman–Crippen MR) is 126 cm³/mol. The van der Waals surface area contributed by atoms with E-state index >= 15 is 0 Å². The maximum Gasteiger partial charge on any atom is 0.285 e. The molecule has 170 valence electrons. The van der Waals surface area contributed by atoms with Gasteiger partial charge in [-0.3, -0.25) is 4.79 Å². The summed E-state index contributed by atoms with van der Waals surface area (Å²) in [5.74, 6) is 0.0661. The number of likely N-dealkylation sites (tertiary alicyclic amines) is 1. The summed E-state index contributed by atoms with van der Waals surface area (Å²) in [6, 6.07) is 16.6. The van der Waals surface area contributed by atoms with Crippen LogP contribution in [0, 0.1) is 19.8 Å². The Hall–Kier alpha value is -3.46. The second-order valence-electron chi connectivity index (χ2n) is 8.45. The molecule has 2 aliphatic heterocycles. The number of aryl methyl sites for hydroxylation is 1. The van der Waals surface area contributed by atoms with Gasteiger partial charge in [0.25, 0.3) is 10.0 Å². The van der Waals surface area contributed by atoms with E-state index in [-0.39, 0.29) is 16.7 Å². The number of carbonyl (C=O) groups excluding carboxylic acids is 1. The summed E-state index contributed by atoms with van der Waals surface area (Å²) < 4.78 is 30.8. The van der Waals surface area contributed by atoms with E-state index in [4.69, 9.17) is 0 Å². The van der Waals surface area contributed by atoms with Gasteiger partial charge in [0.1, 0.15) is 4.90 Å². The highest BCUT2D eigenvalue weighted by Gasteiger charge is 2.35. The van der Waals surface area contributed by atoms with Crippen LogP contribution in [0.3, 0.4) is 0 Å². The van der Waals surface area contributed by atoms with Crippen molar-refractivity contribution in [3.8, 4) is 5.69 Å². The highest BCUT2D eigenvalue weighted by molar-refractivity contribution is 7.90. The molecule has 0 bridgehead atoms. The van der Waals surface area contributed by atoms with Gasteiger partial charge >= 0.3 is 0 Å². The third-order valence-corrected chi connectivity index (χ3v) is 7.57. The number of piperidine rings is 1. The van der Waals surface area contributed by atoms with E-state index in [0.29, 0.717) is 30.2 Å². The molecule has 1 N–H and O–H groups in total. The summed E-state index contributed by atoms with van der Waals surface area (Å²) >= 11 is 0. The van der Waals surface area contributed by atoms with Gasteiger partial charge in [-0.1, -0.05) is 30.3 Å². The number of aromatic nitrogens is 2. The second kappa shape index (κ2) is 8.15. The van der Waals surface area contributed by atoms with E-state index in [1.807, 2.05) is 53.8 Å². The maximum atomic E-state index is 13.2. The Morgan fingerprint density at radius 3 is 2.58 bits per heavy atom. The van der Waals surface area contributed by atoms with Gasteiger partial charge in [-0.05, 0) is 51.0 Å². The van der Waals surface area contributed by atoms with Gasteiger partial charge < -0.3 is 10.2 Å². The number of amides is 1. The smallest absolute Gasteiger partial charge is 0.285 e. The van der Waals surface area contributed by atoms with E-state index in [9.17, 15) is 13.2 Å². The van der Waals surface area contributed by atoms with Gasteiger partial charge in [-0.15, -0.1) is 4.40 Å². The number of para-hydroxylation sites is 1. The number of anilines is 1. The van der Waals surface area contributed by atoms with Crippen molar-refractivity contribution in [1.82, 2.24) is 14.7 Å². The first kappa shape index (κ1) is 21.4. The monoisotopic (exact) mass is 463 g/mol.